The number of nitrogens with zero attached hydrogens (tertiary/aromatic N) is 5. The van der Waals surface area contributed by atoms with Gasteiger partial charge in [-0.25, -0.2) is 4.68 Å². The largest absolute Gasteiger partial charge is 0.454 e. The van der Waals surface area contributed by atoms with E-state index in [-0.39, 0.29) is 12.4 Å². The third-order valence-electron chi connectivity index (χ3n) is 7.60. The van der Waals surface area contributed by atoms with Crippen molar-refractivity contribution in [3.8, 4) is 11.5 Å². The van der Waals surface area contributed by atoms with Gasteiger partial charge in [0.15, 0.2) is 17.3 Å². The number of fused-ring (bicyclic) bond motifs is 2. The Balaban J connectivity index is 1.33. The first kappa shape index (κ1) is 23.7. The van der Waals surface area contributed by atoms with Crippen LogP contribution in [-0.2, 0) is 19.6 Å². The number of benzene rings is 2. The maximum atomic E-state index is 13.2. The van der Waals surface area contributed by atoms with Gasteiger partial charge in [0.25, 0.3) is 5.56 Å². The van der Waals surface area contributed by atoms with Crippen molar-refractivity contribution in [3.05, 3.63) is 74.8 Å². The van der Waals surface area contributed by atoms with Gasteiger partial charge in [0, 0.05) is 24.0 Å². The minimum Gasteiger partial charge on any atom is -0.454 e. The lowest BCUT2D eigenvalue weighted by Crippen LogP contribution is -2.29. The second-order valence-electron chi connectivity index (χ2n) is 10.3. The number of hydrogen-bond acceptors (Lipinski definition) is 7. The van der Waals surface area contributed by atoms with E-state index in [1.54, 1.807) is 0 Å². The summed E-state index contributed by atoms with van der Waals surface area (Å²) in [7, 11) is 0. The third-order valence-corrected chi connectivity index (χ3v) is 7.60. The first-order valence-corrected chi connectivity index (χ1v) is 13.0. The van der Waals surface area contributed by atoms with Crippen molar-refractivity contribution < 1.29 is 9.47 Å². The molecule has 2 aromatic heterocycles. The summed E-state index contributed by atoms with van der Waals surface area (Å²) >= 11 is 0. The van der Waals surface area contributed by atoms with E-state index in [4.69, 9.17) is 9.47 Å². The molecule has 9 nitrogen and oxygen atoms in total. The van der Waals surface area contributed by atoms with Crippen LogP contribution in [0.25, 0.3) is 10.9 Å². The van der Waals surface area contributed by atoms with E-state index >= 15 is 0 Å². The molecule has 9 heteroatoms. The average Bonchev–Trinajstić information content (AvgIpc) is 3.57. The highest BCUT2D eigenvalue weighted by Crippen LogP contribution is 2.33. The highest BCUT2D eigenvalue weighted by molar-refractivity contribution is 5.85. The summed E-state index contributed by atoms with van der Waals surface area (Å²) in [5, 5.41) is 13.9. The number of tetrazole rings is 1. The molecule has 0 atom stereocenters. The minimum absolute atomic E-state index is 0.0660. The van der Waals surface area contributed by atoms with E-state index < -0.39 is 0 Å². The number of nitrogens with one attached hydrogen (secondary N) is 1. The van der Waals surface area contributed by atoms with Crippen LogP contribution in [-0.4, -0.2) is 36.9 Å². The highest BCUT2D eigenvalue weighted by Gasteiger charge is 2.23. The first-order chi connectivity index (χ1) is 18.0. The quantitative estimate of drug-likeness (QED) is 0.397. The van der Waals surface area contributed by atoms with E-state index in [0.717, 1.165) is 63.3 Å². The van der Waals surface area contributed by atoms with Crippen molar-refractivity contribution in [1.29, 1.82) is 0 Å². The van der Waals surface area contributed by atoms with Gasteiger partial charge in [-0.2, -0.15) is 0 Å². The molecule has 6 rings (SSSR count). The topological polar surface area (TPSA) is 98.2 Å². The van der Waals surface area contributed by atoms with Gasteiger partial charge in [0.2, 0.25) is 6.79 Å². The molecule has 1 N–H and O–H groups in total. The monoisotopic (exact) mass is 500 g/mol. The zero-order valence-corrected chi connectivity index (χ0v) is 21.4. The molecular weight excluding hydrogens is 468 g/mol. The molecule has 0 amide bonds. The minimum atomic E-state index is -0.0660. The normalized spacial score (nSPS) is 15.6. The second kappa shape index (κ2) is 9.97. The van der Waals surface area contributed by atoms with Crippen LogP contribution in [0.1, 0.15) is 66.2 Å². The van der Waals surface area contributed by atoms with Crippen LogP contribution in [0.3, 0.4) is 0 Å². The van der Waals surface area contributed by atoms with Gasteiger partial charge in [-0.05, 0) is 72.0 Å². The zero-order valence-electron chi connectivity index (χ0n) is 21.4. The fourth-order valence-electron chi connectivity index (χ4n) is 5.57. The van der Waals surface area contributed by atoms with Gasteiger partial charge >= 0.3 is 0 Å². The van der Waals surface area contributed by atoms with Gasteiger partial charge in [-0.1, -0.05) is 37.5 Å². The van der Waals surface area contributed by atoms with Crippen LogP contribution >= 0.6 is 0 Å². The van der Waals surface area contributed by atoms with Gasteiger partial charge in [-0.15, -0.1) is 5.10 Å². The molecule has 1 aliphatic carbocycles. The zero-order chi connectivity index (χ0) is 25.4. The molecule has 2 aromatic carbocycles. The average molecular weight is 501 g/mol. The molecule has 192 valence electrons. The summed E-state index contributed by atoms with van der Waals surface area (Å²) in [5.74, 6) is 2.34. The molecule has 2 aliphatic rings. The predicted octanol–water partition coefficient (Wildman–Crippen LogP) is 4.57. The van der Waals surface area contributed by atoms with Gasteiger partial charge in [0.1, 0.15) is 0 Å². The fraction of sp³-hybridized carbons (Fsp3) is 0.429. The summed E-state index contributed by atoms with van der Waals surface area (Å²) in [5.41, 5.74) is 4.83. The number of H-pyrrole nitrogens is 1. The van der Waals surface area contributed by atoms with Crippen molar-refractivity contribution in [2.45, 2.75) is 71.6 Å². The third kappa shape index (κ3) is 4.83. The Kier molecular flexibility index (Phi) is 6.38. The molecule has 0 bridgehead atoms. The smallest absolute Gasteiger partial charge is 0.252 e. The van der Waals surface area contributed by atoms with Gasteiger partial charge < -0.3 is 14.5 Å². The van der Waals surface area contributed by atoms with Crippen molar-refractivity contribution in [2.75, 3.05) is 6.79 Å². The molecule has 0 spiro atoms. The lowest BCUT2D eigenvalue weighted by Gasteiger charge is -2.25. The van der Waals surface area contributed by atoms with E-state index in [1.165, 1.54) is 19.3 Å². The molecule has 1 fully saturated rings. The van der Waals surface area contributed by atoms with Gasteiger partial charge in [0.05, 0.1) is 18.1 Å². The Morgan fingerprint density at radius 3 is 2.65 bits per heavy atom. The summed E-state index contributed by atoms with van der Waals surface area (Å²) in [6.07, 6.45) is 5.88. The van der Waals surface area contributed by atoms with E-state index in [1.807, 2.05) is 41.9 Å². The van der Waals surface area contributed by atoms with Crippen molar-refractivity contribution in [1.82, 2.24) is 30.1 Å². The van der Waals surface area contributed by atoms with Crippen LogP contribution in [0.5, 0.6) is 11.5 Å². The number of aromatic amines is 1. The van der Waals surface area contributed by atoms with Crippen molar-refractivity contribution in [3.63, 3.8) is 0 Å². The lowest BCUT2D eigenvalue weighted by atomic mass is 9.95. The predicted molar refractivity (Wildman–Crippen MR) is 139 cm³/mol. The number of ether oxygens (including phenoxy) is 2. The Hall–Kier alpha value is -3.72. The summed E-state index contributed by atoms with van der Waals surface area (Å²) < 4.78 is 13.1. The molecule has 1 saturated carbocycles. The number of aromatic nitrogens is 5. The van der Waals surface area contributed by atoms with E-state index in [2.05, 4.69) is 38.4 Å². The van der Waals surface area contributed by atoms with Crippen molar-refractivity contribution >= 4 is 10.9 Å². The molecule has 3 heterocycles. The number of rotatable bonds is 7. The fourth-order valence-corrected chi connectivity index (χ4v) is 5.57. The Labute approximate surface area is 215 Å². The number of hydrogen-bond donors (Lipinski definition) is 1. The molecule has 0 unspecified atom stereocenters. The van der Waals surface area contributed by atoms with Crippen LogP contribution in [0.4, 0.5) is 0 Å². The van der Waals surface area contributed by atoms with Crippen LogP contribution in [0, 0.1) is 13.8 Å². The standard InChI is InChI=1S/C28H32N6O3/c1-18-8-9-19(2)27-23(18)13-21(28(35)29-27)15-33(14-20-10-11-24-25(12-20)37-17-36-24)16-26-30-31-32-34(26)22-6-4-3-5-7-22/h8-13,22H,3-7,14-17H2,1-2H3,(H,29,35). The molecule has 4 aromatic rings. The van der Waals surface area contributed by atoms with E-state index in [0.29, 0.717) is 25.7 Å². The summed E-state index contributed by atoms with van der Waals surface area (Å²) in [6, 6.07) is 12.5. The summed E-state index contributed by atoms with van der Waals surface area (Å²) in [6.45, 7) is 5.94. The number of aryl methyl sites for hydroxylation is 2. The maximum Gasteiger partial charge on any atom is 0.252 e. The van der Waals surface area contributed by atoms with Crippen LogP contribution < -0.4 is 15.0 Å². The molecule has 37 heavy (non-hydrogen) atoms. The molecule has 1 aliphatic heterocycles. The number of pyridine rings is 1. The summed E-state index contributed by atoms with van der Waals surface area (Å²) in [4.78, 5) is 18.5. The van der Waals surface area contributed by atoms with Crippen LogP contribution in [0.15, 0.2) is 41.2 Å². The lowest BCUT2D eigenvalue weighted by molar-refractivity contribution is 0.174. The molecule has 0 radical (unpaired) electrons. The highest BCUT2D eigenvalue weighted by atomic mass is 16.7. The van der Waals surface area contributed by atoms with Crippen LogP contribution in [0.2, 0.25) is 0 Å². The van der Waals surface area contributed by atoms with Gasteiger partial charge in [-0.3, -0.25) is 9.69 Å². The second-order valence-corrected chi connectivity index (χ2v) is 10.3. The van der Waals surface area contributed by atoms with E-state index in [9.17, 15) is 4.79 Å². The Bertz CT molecular complexity index is 1490. The van der Waals surface area contributed by atoms with Crippen molar-refractivity contribution in [2.24, 2.45) is 0 Å². The SMILES string of the molecule is Cc1ccc(C)c2[nH]c(=O)c(CN(Cc3ccc4c(c3)OCO4)Cc3nnnn3C3CCCCC3)cc12. The molecule has 0 saturated heterocycles. The molecular formula is C28H32N6O3. The Morgan fingerprint density at radius 1 is 0.973 bits per heavy atom. The maximum absolute atomic E-state index is 13.2. The first-order valence-electron chi connectivity index (χ1n) is 13.0. The Morgan fingerprint density at radius 2 is 1.78 bits per heavy atom.